The minimum absolute atomic E-state index is 0.000776. The van der Waals surface area contributed by atoms with Crippen LogP contribution in [0.5, 0.6) is 11.5 Å². The van der Waals surface area contributed by atoms with E-state index < -0.39 is 4.92 Å². The third-order valence-corrected chi connectivity index (χ3v) is 2.91. The summed E-state index contributed by atoms with van der Waals surface area (Å²) in [5.41, 5.74) is 5.91. The number of nitrogens with zero attached hydrogens (tertiary/aromatic N) is 1. The van der Waals surface area contributed by atoms with Gasteiger partial charge in [0.2, 0.25) is 0 Å². The molecule has 0 unspecified atom stereocenters. The lowest BCUT2D eigenvalue weighted by Crippen LogP contribution is -2.11. The summed E-state index contributed by atoms with van der Waals surface area (Å²) in [6.07, 6.45) is 0. The molecule has 0 spiro atoms. The van der Waals surface area contributed by atoms with Gasteiger partial charge in [0.1, 0.15) is 17.3 Å². The molecule has 0 atom stereocenters. The monoisotopic (exact) mass is 289 g/mol. The fourth-order valence-electron chi connectivity index (χ4n) is 1.57. The van der Waals surface area contributed by atoms with Gasteiger partial charge in [-0.25, -0.2) is 0 Å². The molecule has 0 radical (unpaired) electrons. The predicted molar refractivity (Wildman–Crippen MR) is 77.9 cm³/mol. The van der Waals surface area contributed by atoms with E-state index in [9.17, 15) is 10.1 Å². The van der Waals surface area contributed by atoms with E-state index in [1.807, 2.05) is 0 Å². The molecule has 0 saturated carbocycles. The molecule has 2 rings (SSSR count). The lowest BCUT2D eigenvalue weighted by atomic mass is 10.2. The van der Waals surface area contributed by atoms with Crippen molar-refractivity contribution in [3.63, 3.8) is 0 Å². The number of nitrogens with two attached hydrogens (primary N) is 1. The minimum Gasteiger partial charge on any atom is -0.457 e. The summed E-state index contributed by atoms with van der Waals surface area (Å²) in [6, 6.07) is 10.6. The first-order chi connectivity index (χ1) is 9.47. The van der Waals surface area contributed by atoms with Crippen molar-refractivity contribution in [2.45, 2.75) is 4.90 Å². The normalized spacial score (nSPS) is 10.1. The second kappa shape index (κ2) is 5.62. The van der Waals surface area contributed by atoms with Gasteiger partial charge >= 0.3 is 0 Å². The average Bonchev–Trinajstić information content (AvgIpc) is 2.39. The van der Waals surface area contributed by atoms with Gasteiger partial charge in [-0.2, -0.15) is 0 Å². The van der Waals surface area contributed by atoms with Crippen LogP contribution in [-0.4, -0.2) is 10.8 Å². The number of nitro groups is 1. The first-order valence-electron chi connectivity index (χ1n) is 5.57. The molecule has 0 aliphatic heterocycles. The van der Waals surface area contributed by atoms with E-state index in [1.165, 1.54) is 24.3 Å². The van der Waals surface area contributed by atoms with Gasteiger partial charge in [0.15, 0.2) is 0 Å². The zero-order valence-electron chi connectivity index (χ0n) is 10.2. The van der Waals surface area contributed by atoms with Gasteiger partial charge in [0.25, 0.3) is 5.69 Å². The summed E-state index contributed by atoms with van der Waals surface area (Å²) in [4.78, 5) is 10.6. The highest BCUT2D eigenvalue weighted by Gasteiger charge is 2.07. The smallest absolute Gasteiger partial charge is 0.269 e. The van der Waals surface area contributed by atoms with Gasteiger partial charge in [0, 0.05) is 22.6 Å². The third kappa shape index (κ3) is 3.07. The van der Waals surface area contributed by atoms with Crippen molar-refractivity contribution in [3.05, 3.63) is 58.1 Å². The van der Waals surface area contributed by atoms with E-state index in [0.717, 1.165) is 0 Å². The number of thiol groups is 1. The molecule has 0 fully saturated rings. The SMILES string of the molecule is N=C(N)c1ccc(Oc2ccc([N+](=O)[O-])cc2)cc1S. The second-order valence-electron chi connectivity index (χ2n) is 3.95. The van der Waals surface area contributed by atoms with E-state index in [-0.39, 0.29) is 11.5 Å². The number of nitrogen functional groups attached to an aromatic ring is 1. The van der Waals surface area contributed by atoms with Crippen LogP contribution in [0.4, 0.5) is 5.69 Å². The molecule has 3 N–H and O–H groups in total. The maximum atomic E-state index is 10.5. The Kier molecular flexibility index (Phi) is 3.90. The third-order valence-electron chi connectivity index (χ3n) is 2.54. The maximum Gasteiger partial charge on any atom is 0.269 e. The molecule has 0 aliphatic carbocycles. The summed E-state index contributed by atoms with van der Waals surface area (Å²) in [7, 11) is 0. The fraction of sp³-hybridized carbons (Fsp3) is 0. The quantitative estimate of drug-likeness (QED) is 0.265. The lowest BCUT2D eigenvalue weighted by molar-refractivity contribution is -0.384. The summed E-state index contributed by atoms with van der Waals surface area (Å²) in [5, 5.41) is 17.9. The van der Waals surface area contributed by atoms with Crippen LogP contribution in [0.25, 0.3) is 0 Å². The zero-order valence-corrected chi connectivity index (χ0v) is 11.1. The van der Waals surface area contributed by atoms with Gasteiger partial charge in [-0.3, -0.25) is 15.5 Å². The molecule has 0 amide bonds. The Balaban J connectivity index is 2.19. The summed E-state index contributed by atoms with van der Waals surface area (Å²) in [6.45, 7) is 0. The van der Waals surface area contributed by atoms with Gasteiger partial charge in [-0.15, -0.1) is 12.6 Å². The van der Waals surface area contributed by atoms with Crippen molar-refractivity contribution in [1.82, 2.24) is 0 Å². The first-order valence-corrected chi connectivity index (χ1v) is 6.02. The number of nitrogens with one attached hydrogen (secondary N) is 1. The zero-order chi connectivity index (χ0) is 14.7. The van der Waals surface area contributed by atoms with Gasteiger partial charge < -0.3 is 10.5 Å². The molecule has 0 aliphatic rings. The van der Waals surface area contributed by atoms with Crippen LogP contribution in [0.2, 0.25) is 0 Å². The van der Waals surface area contributed by atoms with E-state index in [0.29, 0.717) is 22.0 Å². The number of nitro benzene ring substituents is 1. The fourth-order valence-corrected chi connectivity index (χ4v) is 1.90. The summed E-state index contributed by atoms with van der Waals surface area (Å²) >= 11 is 4.23. The number of benzene rings is 2. The largest absolute Gasteiger partial charge is 0.457 e. The molecular formula is C13H11N3O3S. The first kappa shape index (κ1) is 13.9. The Labute approximate surface area is 120 Å². The van der Waals surface area contributed by atoms with Crippen molar-refractivity contribution >= 4 is 24.2 Å². The standard InChI is InChI=1S/C13H11N3O3S/c14-13(15)11-6-5-10(7-12(11)20)19-9-3-1-8(2-4-9)16(17)18/h1-7,20H,(H3,14,15). The van der Waals surface area contributed by atoms with Gasteiger partial charge in [-0.05, 0) is 30.3 Å². The Bertz CT molecular complexity index is 671. The van der Waals surface area contributed by atoms with E-state index in [2.05, 4.69) is 12.6 Å². The second-order valence-corrected chi connectivity index (χ2v) is 4.43. The van der Waals surface area contributed by atoms with Crippen molar-refractivity contribution < 1.29 is 9.66 Å². The average molecular weight is 289 g/mol. The lowest BCUT2D eigenvalue weighted by Gasteiger charge is -2.08. The van der Waals surface area contributed by atoms with E-state index >= 15 is 0 Å². The van der Waals surface area contributed by atoms with Gasteiger partial charge in [0.05, 0.1) is 4.92 Å². The Hall–Kier alpha value is -2.54. The minimum atomic E-state index is -0.475. The number of amidine groups is 1. The van der Waals surface area contributed by atoms with Crippen LogP contribution in [0, 0.1) is 15.5 Å². The van der Waals surface area contributed by atoms with Crippen LogP contribution in [0.1, 0.15) is 5.56 Å². The Morgan fingerprint density at radius 3 is 2.30 bits per heavy atom. The molecule has 2 aromatic rings. The molecule has 0 heterocycles. The Morgan fingerprint density at radius 2 is 1.80 bits per heavy atom. The highest BCUT2D eigenvalue weighted by atomic mass is 32.1. The molecular weight excluding hydrogens is 278 g/mol. The van der Waals surface area contributed by atoms with E-state index in [4.69, 9.17) is 15.9 Å². The summed E-state index contributed by atoms with van der Waals surface area (Å²) < 4.78 is 5.55. The maximum absolute atomic E-state index is 10.5. The summed E-state index contributed by atoms with van der Waals surface area (Å²) in [5.74, 6) is 0.907. The Morgan fingerprint density at radius 1 is 1.20 bits per heavy atom. The van der Waals surface area contributed by atoms with Crippen LogP contribution < -0.4 is 10.5 Å². The van der Waals surface area contributed by atoms with Crippen LogP contribution in [0.3, 0.4) is 0 Å². The number of hydrogen-bond donors (Lipinski definition) is 3. The topological polar surface area (TPSA) is 102 Å². The number of ether oxygens (including phenoxy) is 1. The van der Waals surface area contributed by atoms with Gasteiger partial charge in [-0.1, -0.05) is 0 Å². The van der Waals surface area contributed by atoms with Crippen molar-refractivity contribution in [3.8, 4) is 11.5 Å². The predicted octanol–water partition coefficient (Wildman–Crippen LogP) is 2.96. The molecule has 0 aromatic heterocycles. The van der Waals surface area contributed by atoms with Crippen molar-refractivity contribution in [1.29, 1.82) is 5.41 Å². The van der Waals surface area contributed by atoms with Crippen LogP contribution >= 0.6 is 12.6 Å². The number of non-ortho nitro benzene ring substituents is 1. The van der Waals surface area contributed by atoms with Crippen molar-refractivity contribution in [2.24, 2.45) is 5.73 Å². The number of hydrogen-bond acceptors (Lipinski definition) is 5. The highest BCUT2D eigenvalue weighted by molar-refractivity contribution is 7.80. The number of rotatable bonds is 4. The molecule has 20 heavy (non-hydrogen) atoms. The molecule has 0 saturated heterocycles. The molecule has 2 aromatic carbocycles. The van der Waals surface area contributed by atoms with E-state index in [1.54, 1.807) is 18.2 Å². The highest BCUT2D eigenvalue weighted by Crippen LogP contribution is 2.27. The molecule has 0 bridgehead atoms. The van der Waals surface area contributed by atoms with Crippen LogP contribution in [-0.2, 0) is 0 Å². The van der Waals surface area contributed by atoms with Crippen molar-refractivity contribution in [2.75, 3.05) is 0 Å². The molecule has 7 heteroatoms. The molecule has 102 valence electrons. The van der Waals surface area contributed by atoms with Crippen LogP contribution in [0.15, 0.2) is 47.4 Å². The molecule has 6 nitrogen and oxygen atoms in total.